The molecule has 4 atom stereocenters. The van der Waals surface area contributed by atoms with Gasteiger partial charge in [0.25, 0.3) is 5.69 Å². The summed E-state index contributed by atoms with van der Waals surface area (Å²) in [5, 5.41) is 23.5. The molecule has 0 spiro atoms. The standard InChI is InChI=1S/C38H42N4O6/c1-26-36(24-40-18-20-41(21-19-40)34-14-16-35(17-15-34)42(45)46)47-38(48-37(26)31-8-6-28(25-43)7-9-31)32-12-10-30(11-13-32)33-5-3-4-29(22-33)23-39-27(2)44/h3-17,22,26,36-38,43H,18-21,23-25H2,1-2H3,(H,39,44)/t26-,36+,37+,38+/m0/s1. The Labute approximate surface area is 281 Å². The Bertz CT molecular complexity index is 1690. The highest BCUT2D eigenvalue weighted by atomic mass is 16.7. The van der Waals surface area contributed by atoms with Crippen LogP contribution >= 0.6 is 0 Å². The highest BCUT2D eigenvalue weighted by Crippen LogP contribution is 2.42. The maximum absolute atomic E-state index is 11.4. The van der Waals surface area contributed by atoms with E-state index in [4.69, 9.17) is 9.47 Å². The Kier molecular flexibility index (Phi) is 10.5. The van der Waals surface area contributed by atoms with E-state index in [-0.39, 0.29) is 41.3 Å². The van der Waals surface area contributed by atoms with Crippen LogP contribution in [0.4, 0.5) is 11.4 Å². The minimum absolute atomic E-state index is 0.00985. The molecule has 6 rings (SSSR count). The highest BCUT2D eigenvalue weighted by molar-refractivity contribution is 5.73. The van der Waals surface area contributed by atoms with Crippen molar-refractivity contribution in [2.75, 3.05) is 37.6 Å². The second-order valence-electron chi connectivity index (χ2n) is 12.6. The summed E-state index contributed by atoms with van der Waals surface area (Å²) >= 11 is 0. The molecule has 0 saturated carbocycles. The fourth-order valence-corrected chi connectivity index (χ4v) is 6.48. The first-order chi connectivity index (χ1) is 23.3. The molecule has 4 aromatic rings. The molecule has 0 radical (unpaired) electrons. The SMILES string of the molecule is CC(=O)NCc1cccc(-c2ccc([C@@H]3O[C@H](CN4CCN(c5ccc([N+](=O)[O-])cc5)CC4)[C@H](C)[C@H](c4ccc(CO)cc4)O3)cc2)c1. The number of anilines is 1. The van der Waals surface area contributed by atoms with E-state index in [9.17, 15) is 20.0 Å². The number of aliphatic hydroxyl groups is 1. The molecule has 0 aliphatic carbocycles. The third kappa shape index (κ3) is 7.91. The maximum atomic E-state index is 11.4. The fourth-order valence-electron chi connectivity index (χ4n) is 6.48. The van der Waals surface area contributed by atoms with E-state index in [1.54, 1.807) is 12.1 Å². The van der Waals surface area contributed by atoms with E-state index < -0.39 is 6.29 Å². The van der Waals surface area contributed by atoms with Gasteiger partial charge in [-0.05, 0) is 46.0 Å². The number of rotatable bonds is 10. The van der Waals surface area contributed by atoms with Crippen LogP contribution in [0.5, 0.6) is 0 Å². The second kappa shape index (κ2) is 15.1. The average Bonchev–Trinajstić information content (AvgIpc) is 3.12. The van der Waals surface area contributed by atoms with E-state index in [1.165, 1.54) is 6.92 Å². The summed E-state index contributed by atoms with van der Waals surface area (Å²) in [6, 6.07) is 31.1. The Morgan fingerprint density at radius 2 is 1.56 bits per heavy atom. The van der Waals surface area contributed by atoms with Crippen LogP contribution in [0.15, 0.2) is 97.1 Å². The number of benzene rings is 4. The molecule has 2 heterocycles. The number of nitrogens with zero attached hydrogens (tertiary/aromatic N) is 3. The normalized spacial score (nSPS) is 21.5. The van der Waals surface area contributed by atoms with Crippen molar-refractivity contribution in [2.24, 2.45) is 5.92 Å². The maximum Gasteiger partial charge on any atom is 0.269 e. The second-order valence-corrected chi connectivity index (χ2v) is 12.6. The van der Waals surface area contributed by atoms with Gasteiger partial charge in [-0.25, -0.2) is 0 Å². The third-order valence-electron chi connectivity index (χ3n) is 9.34. The van der Waals surface area contributed by atoms with Gasteiger partial charge in [0.05, 0.1) is 23.7 Å². The molecule has 2 aliphatic heterocycles. The van der Waals surface area contributed by atoms with E-state index >= 15 is 0 Å². The van der Waals surface area contributed by atoms with Crippen LogP contribution < -0.4 is 10.2 Å². The third-order valence-corrected chi connectivity index (χ3v) is 9.34. The van der Waals surface area contributed by atoms with Crippen molar-refractivity contribution < 1.29 is 24.3 Å². The zero-order valence-corrected chi connectivity index (χ0v) is 27.3. The van der Waals surface area contributed by atoms with Gasteiger partial charge in [-0.15, -0.1) is 0 Å². The van der Waals surface area contributed by atoms with Gasteiger partial charge in [0.15, 0.2) is 6.29 Å². The fraction of sp³-hybridized carbons (Fsp3) is 0.342. The van der Waals surface area contributed by atoms with E-state index in [0.29, 0.717) is 6.54 Å². The number of carbonyl (C=O) groups is 1. The van der Waals surface area contributed by atoms with Gasteiger partial charge in [-0.3, -0.25) is 19.8 Å². The number of carbonyl (C=O) groups excluding carboxylic acids is 1. The molecule has 1 amide bonds. The topological polar surface area (TPSA) is 117 Å². The van der Waals surface area contributed by atoms with Gasteiger partial charge in [0.1, 0.15) is 0 Å². The van der Waals surface area contributed by atoms with Crippen LogP contribution in [-0.4, -0.2) is 59.7 Å². The quantitative estimate of drug-likeness (QED) is 0.159. The van der Waals surface area contributed by atoms with Gasteiger partial charge >= 0.3 is 0 Å². The van der Waals surface area contributed by atoms with Crippen LogP contribution in [0, 0.1) is 16.0 Å². The molecule has 250 valence electrons. The van der Waals surface area contributed by atoms with Crippen molar-refractivity contribution in [2.45, 2.75) is 45.5 Å². The Hall–Kier alpha value is -4.61. The lowest BCUT2D eigenvalue weighted by molar-refractivity contribution is -0.384. The number of aliphatic hydroxyl groups excluding tert-OH is 1. The van der Waals surface area contributed by atoms with Crippen molar-refractivity contribution in [1.29, 1.82) is 0 Å². The van der Waals surface area contributed by atoms with Crippen LogP contribution in [-0.2, 0) is 27.4 Å². The molecule has 48 heavy (non-hydrogen) atoms. The molecule has 0 unspecified atom stereocenters. The largest absolute Gasteiger partial charge is 0.392 e. The Balaban J connectivity index is 1.17. The van der Waals surface area contributed by atoms with Crippen LogP contribution in [0.2, 0.25) is 0 Å². The monoisotopic (exact) mass is 650 g/mol. The molecule has 2 N–H and O–H groups in total. The molecular formula is C38H42N4O6. The van der Waals surface area contributed by atoms with Crippen molar-refractivity contribution >= 4 is 17.3 Å². The first-order valence-corrected chi connectivity index (χ1v) is 16.4. The summed E-state index contributed by atoms with van der Waals surface area (Å²) in [5.74, 6) is 0.0107. The first kappa shape index (κ1) is 33.3. The summed E-state index contributed by atoms with van der Waals surface area (Å²) in [6.45, 7) is 8.25. The summed E-state index contributed by atoms with van der Waals surface area (Å²) in [4.78, 5) is 26.8. The molecule has 10 nitrogen and oxygen atoms in total. The number of hydrogen-bond acceptors (Lipinski definition) is 8. The average molecular weight is 651 g/mol. The smallest absolute Gasteiger partial charge is 0.269 e. The van der Waals surface area contributed by atoms with Gasteiger partial charge in [-0.2, -0.15) is 0 Å². The number of ether oxygens (including phenoxy) is 2. The number of nitrogens with one attached hydrogen (secondary N) is 1. The summed E-state index contributed by atoms with van der Waals surface area (Å²) in [5.41, 5.74) is 7.09. The number of non-ortho nitro benzene ring substituents is 1. The van der Waals surface area contributed by atoms with E-state index in [1.807, 2.05) is 48.5 Å². The number of piperazine rings is 1. The molecular weight excluding hydrogens is 608 g/mol. The van der Waals surface area contributed by atoms with Crippen LogP contribution in [0.25, 0.3) is 11.1 Å². The molecule has 4 aromatic carbocycles. The minimum Gasteiger partial charge on any atom is -0.392 e. The van der Waals surface area contributed by atoms with Crippen LogP contribution in [0.1, 0.15) is 48.5 Å². The zero-order valence-electron chi connectivity index (χ0n) is 27.3. The lowest BCUT2D eigenvalue weighted by atomic mass is 9.89. The molecule has 2 fully saturated rings. The van der Waals surface area contributed by atoms with Crippen molar-refractivity contribution in [1.82, 2.24) is 10.2 Å². The summed E-state index contributed by atoms with van der Waals surface area (Å²) < 4.78 is 13.4. The van der Waals surface area contributed by atoms with Gasteiger partial charge in [0.2, 0.25) is 5.91 Å². The molecule has 10 heteroatoms. The van der Waals surface area contributed by atoms with Crippen molar-refractivity contribution in [3.8, 4) is 11.1 Å². The Morgan fingerprint density at radius 3 is 2.21 bits per heavy atom. The van der Waals surface area contributed by atoms with Crippen molar-refractivity contribution in [3.05, 3.63) is 129 Å². The van der Waals surface area contributed by atoms with E-state index in [0.717, 1.165) is 71.8 Å². The minimum atomic E-state index is -0.560. The number of nitro benzene ring substituents is 1. The number of amides is 1. The number of hydrogen-bond donors (Lipinski definition) is 2. The summed E-state index contributed by atoms with van der Waals surface area (Å²) in [6.07, 6.45) is -0.856. The van der Waals surface area contributed by atoms with E-state index in [2.05, 4.69) is 58.4 Å². The lowest BCUT2D eigenvalue weighted by Crippen LogP contribution is -2.51. The molecule has 2 aliphatic rings. The first-order valence-electron chi connectivity index (χ1n) is 16.4. The predicted molar refractivity (Wildman–Crippen MR) is 184 cm³/mol. The predicted octanol–water partition coefficient (Wildman–Crippen LogP) is 6.00. The lowest BCUT2D eigenvalue weighted by Gasteiger charge is -2.44. The molecule has 0 aromatic heterocycles. The Morgan fingerprint density at radius 1 is 0.875 bits per heavy atom. The van der Waals surface area contributed by atoms with Crippen molar-refractivity contribution in [3.63, 3.8) is 0 Å². The van der Waals surface area contributed by atoms with Gasteiger partial charge in [-0.1, -0.05) is 73.7 Å². The highest BCUT2D eigenvalue weighted by Gasteiger charge is 2.39. The van der Waals surface area contributed by atoms with Gasteiger partial charge in [0, 0.05) is 75.5 Å². The molecule has 2 saturated heterocycles. The van der Waals surface area contributed by atoms with Crippen LogP contribution in [0.3, 0.4) is 0 Å². The molecule has 0 bridgehead atoms. The zero-order chi connectivity index (χ0) is 33.6. The summed E-state index contributed by atoms with van der Waals surface area (Å²) in [7, 11) is 0. The number of nitro groups is 1. The van der Waals surface area contributed by atoms with Gasteiger partial charge < -0.3 is 24.8 Å².